The van der Waals surface area contributed by atoms with E-state index in [1.807, 2.05) is 21.9 Å². The van der Waals surface area contributed by atoms with E-state index in [4.69, 9.17) is 0 Å². The molecule has 9 aliphatic carbocycles. The second kappa shape index (κ2) is 10.4. The third-order valence-corrected chi connectivity index (χ3v) is 21.4. The summed E-state index contributed by atoms with van der Waals surface area (Å²) < 4.78 is 0. The van der Waals surface area contributed by atoms with Crippen LogP contribution in [0.2, 0.25) is 0 Å². The highest BCUT2D eigenvalue weighted by atomic mass is 15.2. The number of rotatable bonds is 12. The van der Waals surface area contributed by atoms with E-state index in [1.165, 1.54) is 102 Å². The van der Waals surface area contributed by atoms with Crippen molar-refractivity contribution in [2.45, 2.75) is 126 Å². The molecule has 10 aliphatic rings. The van der Waals surface area contributed by atoms with Gasteiger partial charge in [0.05, 0.1) is 0 Å². The average Bonchev–Trinajstić information content (AvgIpc) is 4.14. The van der Waals surface area contributed by atoms with Crippen LogP contribution < -0.4 is 5.22 Å². The normalized spacial score (nSPS) is 33.8. The predicted molar refractivity (Wildman–Crippen MR) is 257 cm³/mol. The van der Waals surface area contributed by atoms with Gasteiger partial charge in [0.1, 0.15) is 0 Å². The van der Waals surface area contributed by atoms with Gasteiger partial charge < -0.3 is 0 Å². The maximum Gasteiger partial charge on any atom is 0.0451 e. The molecule has 1 heterocycles. The van der Waals surface area contributed by atoms with Crippen LogP contribution in [0.5, 0.6) is 0 Å². The molecule has 62 heavy (non-hydrogen) atoms. The van der Waals surface area contributed by atoms with Crippen molar-refractivity contribution in [2.75, 3.05) is 13.6 Å². The molecule has 8 aromatic carbocycles. The molecule has 1 aliphatic heterocycles. The summed E-state index contributed by atoms with van der Waals surface area (Å²) >= 11 is 0. The molecule has 3 fully saturated rings. The van der Waals surface area contributed by atoms with Crippen LogP contribution in [0.1, 0.15) is 159 Å². The van der Waals surface area contributed by atoms with Crippen LogP contribution in [-0.2, 0) is 11.8 Å². The lowest BCUT2D eigenvalue weighted by molar-refractivity contribution is 0.0379. The molecule has 0 aromatic heterocycles. The molecule has 304 valence electrons. The van der Waals surface area contributed by atoms with Crippen LogP contribution in [0.15, 0.2) is 66.8 Å². The first-order valence-corrected chi connectivity index (χ1v) is 25.7. The lowest BCUT2D eigenvalue weighted by atomic mass is 9.43. The molecule has 0 amide bonds. The summed E-state index contributed by atoms with van der Waals surface area (Å²) in [5.74, 6) is 4.14. The topological polar surface area (TPSA) is 3.24 Å². The maximum atomic E-state index is 2.97. The summed E-state index contributed by atoms with van der Waals surface area (Å²) in [6.07, 6.45) is 27.7. The lowest BCUT2D eigenvalue weighted by Crippen LogP contribution is -2.57. The molecule has 0 radical (unpaired) electrons. The van der Waals surface area contributed by atoms with E-state index in [9.17, 15) is 0 Å². The quantitative estimate of drug-likeness (QED) is 0.0676. The van der Waals surface area contributed by atoms with Crippen molar-refractivity contribution in [2.24, 2.45) is 29.1 Å². The molecule has 10 atom stereocenters. The largest absolute Gasteiger partial charge is 0.297 e. The van der Waals surface area contributed by atoms with Gasteiger partial charge in [-0.2, -0.15) is 0 Å². The Hall–Kier alpha value is -4.46. The predicted octanol–water partition coefficient (Wildman–Crippen LogP) is 14.5. The van der Waals surface area contributed by atoms with E-state index in [1.54, 1.807) is 98.2 Å². The summed E-state index contributed by atoms with van der Waals surface area (Å²) in [4.78, 5) is 2.97. The van der Waals surface area contributed by atoms with Gasteiger partial charge in [0, 0.05) is 41.2 Å². The van der Waals surface area contributed by atoms with E-state index < -0.39 is 0 Å². The van der Waals surface area contributed by atoms with E-state index in [0.29, 0.717) is 47.5 Å². The summed E-state index contributed by atoms with van der Waals surface area (Å²) in [6.45, 7) is 3.53. The van der Waals surface area contributed by atoms with E-state index >= 15 is 0 Å². The van der Waals surface area contributed by atoms with Gasteiger partial charge in [-0.3, -0.25) is 4.90 Å². The number of hydrogen-bond donors (Lipinski definition) is 0. The van der Waals surface area contributed by atoms with Gasteiger partial charge in [0.25, 0.3) is 0 Å². The Morgan fingerprint density at radius 1 is 0.645 bits per heavy atom. The van der Waals surface area contributed by atoms with E-state index in [0.717, 1.165) is 0 Å². The van der Waals surface area contributed by atoms with Gasteiger partial charge in [-0.25, -0.2) is 0 Å². The average molecular weight is 802 g/mol. The van der Waals surface area contributed by atoms with E-state index in [2.05, 4.69) is 85.6 Å². The fourth-order valence-corrected chi connectivity index (χ4v) is 20.2. The zero-order valence-electron chi connectivity index (χ0n) is 36.5. The Kier molecular flexibility index (Phi) is 5.55. The highest BCUT2D eigenvalue weighted by molar-refractivity contribution is 6.51. The zero-order valence-corrected chi connectivity index (χ0v) is 36.5. The molecule has 2 spiro atoms. The van der Waals surface area contributed by atoms with Crippen molar-refractivity contribution in [3.05, 3.63) is 116 Å². The molecule has 10 unspecified atom stereocenters. The van der Waals surface area contributed by atoms with Crippen LogP contribution in [0.25, 0.3) is 75.8 Å². The Bertz CT molecular complexity index is 3540. The van der Waals surface area contributed by atoms with Gasteiger partial charge in [-0.1, -0.05) is 131 Å². The maximum absolute atomic E-state index is 2.97. The van der Waals surface area contributed by atoms with Crippen molar-refractivity contribution in [3.63, 3.8) is 0 Å². The fraction of sp³-hybridized carbons (Fsp3) is 0.443. The van der Waals surface area contributed by atoms with Crippen LogP contribution in [0.4, 0.5) is 0 Å². The van der Waals surface area contributed by atoms with E-state index in [-0.39, 0.29) is 10.8 Å². The van der Waals surface area contributed by atoms with Gasteiger partial charge in [-0.05, 0) is 188 Å². The Morgan fingerprint density at radius 2 is 1.39 bits per heavy atom. The number of benzene rings is 6. The van der Waals surface area contributed by atoms with Crippen molar-refractivity contribution in [1.29, 1.82) is 0 Å². The van der Waals surface area contributed by atoms with Gasteiger partial charge in [-0.15, -0.1) is 0 Å². The molecule has 18 rings (SSSR count). The molecule has 0 bridgehead atoms. The second-order valence-electron chi connectivity index (χ2n) is 23.1. The number of allylic oxidation sites excluding steroid dienone is 4. The number of likely N-dealkylation sites (tertiary alicyclic amines) is 1. The van der Waals surface area contributed by atoms with Gasteiger partial charge >= 0.3 is 0 Å². The molecule has 1 heteroatoms. The minimum atomic E-state index is 0.108. The molecular formula is C61H55N. The molecular weight excluding hydrogens is 747 g/mol. The Morgan fingerprint density at radius 3 is 2.21 bits per heavy atom. The smallest absolute Gasteiger partial charge is 0.0451 e. The minimum Gasteiger partial charge on any atom is -0.297 e. The first-order chi connectivity index (χ1) is 30.7. The Labute approximate surface area is 364 Å². The van der Waals surface area contributed by atoms with Crippen LogP contribution >= 0.6 is 0 Å². The number of nitrogens with zero attached hydrogens (tertiary/aromatic N) is 1. The number of unbranched alkanes of at least 4 members (excludes halogenated alkanes) is 9. The third kappa shape index (κ3) is 3.00. The first kappa shape index (κ1) is 33.1. The lowest BCUT2D eigenvalue weighted by Gasteiger charge is -2.58. The van der Waals surface area contributed by atoms with Crippen LogP contribution in [-0.4, -0.2) is 18.5 Å². The second-order valence-corrected chi connectivity index (χ2v) is 23.1. The summed E-state index contributed by atoms with van der Waals surface area (Å²) in [5, 5.41) is 22.0. The first-order valence-electron chi connectivity index (χ1n) is 25.7. The summed E-state index contributed by atoms with van der Waals surface area (Å²) in [7, 11) is 2.58. The van der Waals surface area contributed by atoms with Gasteiger partial charge in [0.15, 0.2) is 0 Å². The van der Waals surface area contributed by atoms with Crippen molar-refractivity contribution >= 4 is 75.8 Å². The molecule has 2 saturated carbocycles. The van der Waals surface area contributed by atoms with Crippen molar-refractivity contribution in [3.8, 4) is 0 Å². The minimum absolute atomic E-state index is 0.108. The summed E-state index contributed by atoms with van der Waals surface area (Å²) in [6, 6.07) is 21.3. The highest BCUT2D eigenvalue weighted by Gasteiger charge is 2.81. The van der Waals surface area contributed by atoms with Crippen LogP contribution in [0.3, 0.4) is 0 Å². The van der Waals surface area contributed by atoms with Gasteiger partial charge in [0.2, 0.25) is 0 Å². The standard InChI is InChI=1S/C61H55N/c1-3-4-5-6-7-8-9-10-11-12-13-29-14-16-30(17-15-29)59-61-40-27-26-39-37-24-22-35-33-20-18-31-32-19-21-34-36-23-25-38(40)48-46(36)51-44(34)42(32)49-41(31)43(33)50-45(35)47(37)57(60(39,61)28-62(59)2)55-53(50)52(49)54(51)56(55)58(48)61/h14-21,23-25,35-36,38-40,46,48,59H,3-13,22,26-28H2,1-2H3. The Balaban J connectivity index is 0.891. The monoisotopic (exact) mass is 801 g/mol. The number of fused-ring (bicyclic) bond motifs is 5. The molecule has 1 nitrogen and oxygen atoms in total. The SMILES string of the molecule is CCCCCCCCCCCCc1ccc(C2N(C)CC34c5c6c7c8c9c%10ccc%11c%12ccc%13c%14c%15c%16c(c5c8c%16c(c%14%12)c%119)=C5C8C(C=CC%13C%158)C(CCC3C6=CCC7%10)C524)cc1. The summed E-state index contributed by atoms with van der Waals surface area (Å²) in [5.41, 5.74) is 17.8. The molecule has 8 aromatic rings. The fourth-order valence-electron chi connectivity index (χ4n) is 20.2. The zero-order chi connectivity index (χ0) is 39.9. The molecule has 1 saturated heterocycles. The highest BCUT2D eigenvalue weighted by Crippen LogP contribution is 2.86. The molecule has 0 N–H and O–H groups in total. The number of aryl methyl sites for hydroxylation is 1. The number of likely N-dealkylation sites (N-methyl/N-ethyl adjacent to an activating group) is 1. The van der Waals surface area contributed by atoms with Crippen molar-refractivity contribution in [1.82, 2.24) is 4.90 Å². The van der Waals surface area contributed by atoms with Crippen LogP contribution in [0, 0.1) is 29.1 Å². The third-order valence-electron chi connectivity index (χ3n) is 21.4. The number of hydrogen-bond acceptors (Lipinski definition) is 1. The van der Waals surface area contributed by atoms with Crippen molar-refractivity contribution < 1.29 is 0 Å².